The third-order valence-electron chi connectivity index (χ3n) is 4.30. The first kappa shape index (κ1) is 16.2. The number of hydrogen-bond donors (Lipinski definition) is 1. The average Bonchev–Trinajstić information content (AvgIpc) is 2.50. The van der Waals surface area contributed by atoms with Gasteiger partial charge in [0, 0.05) is 29.3 Å². The molecule has 2 aromatic rings. The van der Waals surface area contributed by atoms with Crippen LogP contribution in [0.1, 0.15) is 31.0 Å². The minimum absolute atomic E-state index is 0.803. The highest BCUT2D eigenvalue weighted by atomic mass is 79.9. The van der Waals surface area contributed by atoms with Crippen LogP contribution in [-0.4, -0.2) is 23.1 Å². The van der Waals surface area contributed by atoms with E-state index in [4.69, 9.17) is 4.98 Å². The Hall–Kier alpha value is -1.62. The third kappa shape index (κ3) is 4.02. The number of benzene rings is 1. The molecule has 0 saturated carbocycles. The second-order valence-electron chi connectivity index (χ2n) is 6.47. The van der Waals surface area contributed by atoms with Gasteiger partial charge in [-0.25, -0.2) is 4.98 Å². The highest BCUT2D eigenvalue weighted by Gasteiger charge is 2.18. The molecule has 1 N–H and O–H groups in total. The number of nitrogens with zero attached hydrogens (tertiary/aromatic N) is 3. The van der Waals surface area contributed by atoms with Gasteiger partial charge in [0.1, 0.15) is 5.82 Å². The van der Waals surface area contributed by atoms with Crippen LogP contribution in [0.5, 0.6) is 0 Å². The molecule has 122 valence electrons. The van der Waals surface area contributed by atoms with Crippen LogP contribution in [0.2, 0.25) is 0 Å². The van der Waals surface area contributed by atoms with Crippen molar-refractivity contribution in [1.29, 1.82) is 0 Å². The standard InChI is InChI=1S/C18H23BrN4/c1-12-6-8-23(9-7-12)18-20-14(3)11-17(22-18)21-16-5-4-13(2)10-15(16)19/h4-5,10-12H,6-9H2,1-3H3,(H,20,21,22). The van der Waals surface area contributed by atoms with E-state index in [1.54, 1.807) is 0 Å². The average molecular weight is 375 g/mol. The molecule has 1 saturated heterocycles. The van der Waals surface area contributed by atoms with E-state index in [0.717, 1.165) is 46.6 Å². The summed E-state index contributed by atoms with van der Waals surface area (Å²) in [6.07, 6.45) is 2.42. The minimum atomic E-state index is 0.803. The van der Waals surface area contributed by atoms with Gasteiger partial charge < -0.3 is 10.2 Å². The lowest BCUT2D eigenvalue weighted by Crippen LogP contribution is -2.34. The minimum Gasteiger partial charge on any atom is -0.341 e. The number of nitrogens with one attached hydrogen (secondary N) is 1. The van der Waals surface area contributed by atoms with E-state index in [2.05, 4.69) is 63.2 Å². The molecule has 0 aliphatic carbocycles. The molecule has 0 spiro atoms. The van der Waals surface area contributed by atoms with Crippen LogP contribution in [0.25, 0.3) is 0 Å². The summed E-state index contributed by atoms with van der Waals surface area (Å²) in [7, 11) is 0. The summed E-state index contributed by atoms with van der Waals surface area (Å²) in [6, 6.07) is 8.25. The van der Waals surface area contributed by atoms with Crippen LogP contribution in [0.15, 0.2) is 28.7 Å². The number of aromatic nitrogens is 2. The molecule has 0 amide bonds. The third-order valence-corrected chi connectivity index (χ3v) is 4.95. The molecule has 1 aliphatic rings. The Balaban J connectivity index is 1.82. The second kappa shape index (κ2) is 6.87. The molecule has 2 heterocycles. The summed E-state index contributed by atoms with van der Waals surface area (Å²) in [5.41, 5.74) is 3.23. The Labute approximate surface area is 146 Å². The monoisotopic (exact) mass is 374 g/mol. The molecule has 3 rings (SSSR count). The molecule has 4 nitrogen and oxygen atoms in total. The van der Waals surface area contributed by atoms with Gasteiger partial charge in [-0.3, -0.25) is 0 Å². The number of hydrogen-bond acceptors (Lipinski definition) is 4. The zero-order valence-electron chi connectivity index (χ0n) is 13.9. The molecule has 1 aliphatic heterocycles. The summed E-state index contributed by atoms with van der Waals surface area (Å²) in [6.45, 7) is 8.50. The normalized spacial score (nSPS) is 15.7. The van der Waals surface area contributed by atoms with Crippen LogP contribution in [0.4, 0.5) is 17.5 Å². The van der Waals surface area contributed by atoms with E-state index in [1.807, 2.05) is 13.0 Å². The summed E-state index contributed by atoms with van der Waals surface area (Å²) in [5, 5.41) is 3.40. The van der Waals surface area contributed by atoms with Gasteiger partial charge in [-0.1, -0.05) is 13.0 Å². The van der Waals surface area contributed by atoms with Crippen molar-refractivity contribution < 1.29 is 0 Å². The van der Waals surface area contributed by atoms with Crippen LogP contribution in [0.3, 0.4) is 0 Å². The van der Waals surface area contributed by atoms with Crippen molar-refractivity contribution in [3.05, 3.63) is 40.0 Å². The Bertz CT molecular complexity index is 693. The Morgan fingerprint density at radius 3 is 2.57 bits per heavy atom. The second-order valence-corrected chi connectivity index (χ2v) is 7.33. The van der Waals surface area contributed by atoms with E-state index in [-0.39, 0.29) is 0 Å². The maximum Gasteiger partial charge on any atom is 0.227 e. The summed E-state index contributed by atoms with van der Waals surface area (Å²) >= 11 is 3.61. The fourth-order valence-corrected chi connectivity index (χ4v) is 3.42. The van der Waals surface area contributed by atoms with Crippen LogP contribution in [0, 0.1) is 19.8 Å². The molecule has 1 aromatic heterocycles. The first-order valence-electron chi connectivity index (χ1n) is 8.15. The molecule has 23 heavy (non-hydrogen) atoms. The van der Waals surface area contributed by atoms with E-state index >= 15 is 0 Å². The lowest BCUT2D eigenvalue weighted by atomic mass is 10.00. The molecule has 1 fully saturated rings. The molecule has 5 heteroatoms. The fourth-order valence-electron chi connectivity index (χ4n) is 2.83. The Morgan fingerprint density at radius 1 is 1.13 bits per heavy atom. The fraction of sp³-hybridized carbons (Fsp3) is 0.444. The number of halogens is 1. The van der Waals surface area contributed by atoms with Crippen molar-refractivity contribution in [2.75, 3.05) is 23.3 Å². The van der Waals surface area contributed by atoms with Crippen LogP contribution in [-0.2, 0) is 0 Å². The highest BCUT2D eigenvalue weighted by Crippen LogP contribution is 2.27. The smallest absolute Gasteiger partial charge is 0.227 e. The summed E-state index contributed by atoms with van der Waals surface area (Å²) < 4.78 is 1.04. The maximum atomic E-state index is 4.72. The van der Waals surface area contributed by atoms with Gasteiger partial charge in [-0.2, -0.15) is 4.98 Å². The summed E-state index contributed by atoms with van der Waals surface area (Å²) in [5.74, 6) is 2.48. The van der Waals surface area contributed by atoms with Crippen molar-refractivity contribution >= 4 is 33.4 Å². The maximum absolute atomic E-state index is 4.72. The molecule has 0 radical (unpaired) electrons. The molecule has 0 unspecified atom stereocenters. The van der Waals surface area contributed by atoms with Crippen LogP contribution < -0.4 is 10.2 Å². The number of rotatable bonds is 3. The molecule has 1 aromatic carbocycles. The van der Waals surface area contributed by atoms with E-state index in [9.17, 15) is 0 Å². The first-order chi connectivity index (χ1) is 11.0. The SMILES string of the molecule is Cc1ccc(Nc2cc(C)nc(N3CCC(C)CC3)n2)c(Br)c1. The van der Waals surface area contributed by atoms with Crippen molar-refractivity contribution in [2.24, 2.45) is 5.92 Å². The number of piperidine rings is 1. The van der Waals surface area contributed by atoms with Gasteiger partial charge in [0.2, 0.25) is 5.95 Å². The lowest BCUT2D eigenvalue weighted by molar-refractivity contribution is 0.434. The van der Waals surface area contributed by atoms with Gasteiger partial charge >= 0.3 is 0 Å². The van der Waals surface area contributed by atoms with Gasteiger partial charge in [-0.15, -0.1) is 0 Å². The van der Waals surface area contributed by atoms with Crippen molar-refractivity contribution in [3.63, 3.8) is 0 Å². The van der Waals surface area contributed by atoms with Gasteiger partial charge in [-0.05, 0) is 66.2 Å². The van der Waals surface area contributed by atoms with E-state index in [1.165, 1.54) is 18.4 Å². The molecule has 0 bridgehead atoms. The largest absolute Gasteiger partial charge is 0.341 e. The zero-order valence-corrected chi connectivity index (χ0v) is 15.5. The predicted molar refractivity (Wildman–Crippen MR) is 99.5 cm³/mol. The molecular formula is C18H23BrN4. The van der Waals surface area contributed by atoms with Crippen LogP contribution >= 0.6 is 15.9 Å². The van der Waals surface area contributed by atoms with Crippen molar-refractivity contribution in [3.8, 4) is 0 Å². The van der Waals surface area contributed by atoms with Crippen molar-refractivity contribution in [2.45, 2.75) is 33.6 Å². The number of aryl methyl sites for hydroxylation is 2. The Morgan fingerprint density at radius 2 is 1.87 bits per heavy atom. The van der Waals surface area contributed by atoms with E-state index < -0.39 is 0 Å². The lowest BCUT2D eigenvalue weighted by Gasteiger charge is -2.30. The number of anilines is 3. The van der Waals surface area contributed by atoms with Crippen molar-refractivity contribution in [1.82, 2.24) is 9.97 Å². The topological polar surface area (TPSA) is 41.1 Å². The Kier molecular flexibility index (Phi) is 4.85. The van der Waals surface area contributed by atoms with E-state index in [0.29, 0.717) is 0 Å². The zero-order chi connectivity index (χ0) is 16.4. The summed E-state index contributed by atoms with van der Waals surface area (Å²) in [4.78, 5) is 11.6. The van der Waals surface area contributed by atoms with Gasteiger partial charge in [0.05, 0.1) is 5.69 Å². The predicted octanol–water partition coefficient (Wildman–Crippen LogP) is 4.84. The molecular weight excluding hydrogens is 352 g/mol. The van der Waals surface area contributed by atoms with Gasteiger partial charge in [0.25, 0.3) is 0 Å². The highest BCUT2D eigenvalue weighted by molar-refractivity contribution is 9.10. The quantitative estimate of drug-likeness (QED) is 0.834. The first-order valence-corrected chi connectivity index (χ1v) is 8.94. The van der Waals surface area contributed by atoms with Gasteiger partial charge in [0.15, 0.2) is 0 Å². The molecule has 0 atom stereocenters.